The number of hydrogen-bond acceptors (Lipinski definition) is 11. The maximum absolute atomic E-state index is 12.9. The number of alkyl carbamates (subject to hydrolysis) is 1. The van der Waals surface area contributed by atoms with Gasteiger partial charge in [-0.15, -0.1) is 11.3 Å². The lowest BCUT2D eigenvalue weighted by molar-refractivity contribution is -0.139. The van der Waals surface area contributed by atoms with Crippen molar-refractivity contribution in [3.05, 3.63) is 45.9 Å². The van der Waals surface area contributed by atoms with Gasteiger partial charge in [0.1, 0.15) is 17.5 Å². The van der Waals surface area contributed by atoms with E-state index in [2.05, 4.69) is 10.3 Å². The van der Waals surface area contributed by atoms with Gasteiger partial charge in [-0.05, 0) is 57.5 Å². The fraction of sp³-hybridized carbons (Fsp3) is 0.553. The van der Waals surface area contributed by atoms with Crippen molar-refractivity contribution in [2.75, 3.05) is 59.3 Å². The molecule has 0 spiro atoms. The van der Waals surface area contributed by atoms with Crippen LogP contribution in [-0.2, 0) is 39.9 Å². The number of fused-ring (bicyclic) bond motifs is 1. The van der Waals surface area contributed by atoms with Gasteiger partial charge in [0.05, 0.1) is 62.8 Å². The molecule has 2 aromatic heterocycles. The van der Waals surface area contributed by atoms with Crippen LogP contribution in [0.4, 0.5) is 4.79 Å². The molecule has 0 unspecified atom stereocenters. The molecular formula is C38H49ClN4O9S. The van der Waals surface area contributed by atoms with Crippen molar-refractivity contribution in [2.45, 2.75) is 78.0 Å². The first-order valence-corrected chi connectivity index (χ1v) is 19.2. The number of thiophene rings is 1. The first-order chi connectivity index (χ1) is 25.4. The second kappa shape index (κ2) is 19.0. The monoisotopic (exact) mass is 772 g/mol. The zero-order chi connectivity index (χ0) is 38.0. The summed E-state index contributed by atoms with van der Waals surface area (Å²) in [7, 11) is 0. The molecule has 53 heavy (non-hydrogen) atoms. The van der Waals surface area contributed by atoms with E-state index in [1.54, 1.807) is 27.0 Å². The summed E-state index contributed by atoms with van der Waals surface area (Å²) in [6.07, 6.45) is 3.37. The summed E-state index contributed by atoms with van der Waals surface area (Å²) in [5.74, 6) is 0.495. The van der Waals surface area contributed by atoms with Crippen LogP contribution in [0.1, 0.15) is 63.3 Å². The Morgan fingerprint density at radius 1 is 0.943 bits per heavy atom. The Labute approximate surface area is 319 Å². The number of pyridine rings is 1. The summed E-state index contributed by atoms with van der Waals surface area (Å²) < 4.78 is 29.3. The van der Waals surface area contributed by atoms with E-state index in [0.29, 0.717) is 83.6 Å². The molecule has 1 aromatic carbocycles. The van der Waals surface area contributed by atoms with Crippen LogP contribution in [0.15, 0.2) is 30.5 Å². The molecule has 0 atom stereocenters. The summed E-state index contributed by atoms with van der Waals surface area (Å²) in [6, 6.07) is 7.66. The highest BCUT2D eigenvalue weighted by atomic mass is 35.5. The molecule has 5 rings (SSSR count). The lowest BCUT2D eigenvalue weighted by atomic mass is 10.0. The molecule has 3 aromatic rings. The van der Waals surface area contributed by atoms with Crippen molar-refractivity contribution < 1.29 is 42.9 Å². The number of rotatable bonds is 17. The molecule has 288 valence electrons. The second-order valence-electron chi connectivity index (χ2n) is 14.0. The molecule has 2 aliphatic heterocycles. The van der Waals surface area contributed by atoms with E-state index in [1.165, 1.54) is 16.2 Å². The third-order valence-electron chi connectivity index (χ3n) is 8.66. The minimum Gasteiger partial charge on any atom is -0.489 e. The smallest absolute Gasteiger partial charge is 0.407 e. The van der Waals surface area contributed by atoms with Crippen LogP contribution in [0.5, 0.6) is 5.75 Å². The highest BCUT2D eigenvalue weighted by molar-refractivity contribution is 7.19. The van der Waals surface area contributed by atoms with Crippen LogP contribution in [0.2, 0.25) is 5.02 Å². The van der Waals surface area contributed by atoms with Crippen LogP contribution in [0, 0.1) is 6.92 Å². The fourth-order valence-corrected chi connectivity index (χ4v) is 7.51. The van der Waals surface area contributed by atoms with Crippen molar-refractivity contribution in [3.63, 3.8) is 0 Å². The number of carbonyl (C=O) groups excluding carboxylic acids is 4. The van der Waals surface area contributed by atoms with E-state index < -0.39 is 11.7 Å². The van der Waals surface area contributed by atoms with Crippen molar-refractivity contribution in [1.29, 1.82) is 0 Å². The number of halogens is 1. The summed E-state index contributed by atoms with van der Waals surface area (Å²) in [4.78, 5) is 57.6. The third-order valence-corrected chi connectivity index (χ3v) is 10.0. The zero-order valence-electron chi connectivity index (χ0n) is 30.9. The van der Waals surface area contributed by atoms with Gasteiger partial charge in [-0.1, -0.05) is 11.6 Å². The maximum atomic E-state index is 12.9. The Balaban J connectivity index is 1.03. The average Bonchev–Trinajstić information content (AvgIpc) is 3.67. The number of nitrogens with zero attached hydrogens (tertiary/aromatic N) is 3. The largest absolute Gasteiger partial charge is 0.489 e. The average molecular weight is 773 g/mol. The van der Waals surface area contributed by atoms with Gasteiger partial charge in [0.15, 0.2) is 0 Å². The minimum atomic E-state index is -0.538. The number of likely N-dealkylation sites (tertiary alicyclic amines) is 2. The standard InChI is InChI=1S/C38H49ClN4O9S/c1-25-21-26(39)22-30(29-7-11-40-31-23-28(53-36(29)31)24-43-33(45)5-6-34(43)46)35(25)51-27-8-13-42(14-9-27)32(44)10-15-48-17-19-50-20-18-49-16-12-41-37(47)52-38(2,3)4/h7,11,21-23,27H,5-6,8-10,12-20,24H2,1-4H3,(H,41,47). The number of piperidine rings is 1. The van der Waals surface area contributed by atoms with Gasteiger partial charge >= 0.3 is 6.09 Å². The molecule has 2 saturated heterocycles. The van der Waals surface area contributed by atoms with Gasteiger partial charge in [-0.3, -0.25) is 24.3 Å². The molecule has 2 fully saturated rings. The number of hydrogen-bond donors (Lipinski definition) is 1. The molecule has 13 nitrogen and oxygen atoms in total. The van der Waals surface area contributed by atoms with Gasteiger partial charge in [0.2, 0.25) is 17.7 Å². The van der Waals surface area contributed by atoms with Crippen LogP contribution in [0.3, 0.4) is 0 Å². The van der Waals surface area contributed by atoms with Crippen molar-refractivity contribution in [2.24, 2.45) is 0 Å². The summed E-state index contributed by atoms with van der Waals surface area (Å²) in [5, 5.41) is 3.22. The van der Waals surface area contributed by atoms with Gasteiger partial charge in [-0.2, -0.15) is 0 Å². The van der Waals surface area contributed by atoms with Crippen LogP contribution >= 0.6 is 22.9 Å². The Morgan fingerprint density at radius 3 is 2.28 bits per heavy atom. The van der Waals surface area contributed by atoms with Crippen molar-refractivity contribution in [3.8, 4) is 16.9 Å². The van der Waals surface area contributed by atoms with Crippen molar-refractivity contribution >= 4 is 57.0 Å². The minimum absolute atomic E-state index is 0.0473. The first-order valence-electron chi connectivity index (χ1n) is 18.0. The van der Waals surface area contributed by atoms with Gasteiger partial charge in [0.25, 0.3) is 0 Å². The Morgan fingerprint density at radius 2 is 1.60 bits per heavy atom. The van der Waals surface area contributed by atoms with E-state index in [1.807, 2.05) is 36.1 Å². The lowest BCUT2D eigenvalue weighted by Crippen LogP contribution is -2.42. The normalized spacial score (nSPS) is 15.4. The molecule has 1 N–H and O–H groups in total. The Bertz CT molecular complexity index is 1740. The number of carbonyl (C=O) groups is 4. The van der Waals surface area contributed by atoms with E-state index in [4.69, 9.17) is 35.3 Å². The van der Waals surface area contributed by atoms with E-state index in [9.17, 15) is 19.2 Å². The topological polar surface area (TPSA) is 146 Å². The predicted molar refractivity (Wildman–Crippen MR) is 201 cm³/mol. The third kappa shape index (κ3) is 11.8. The molecule has 0 bridgehead atoms. The van der Waals surface area contributed by atoms with Crippen LogP contribution < -0.4 is 10.1 Å². The summed E-state index contributed by atoms with van der Waals surface area (Å²) in [5.41, 5.74) is 2.92. The fourth-order valence-electron chi connectivity index (χ4n) is 6.11. The molecule has 0 saturated carbocycles. The van der Waals surface area contributed by atoms with Gasteiger partial charge in [0, 0.05) is 72.5 Å². The molecular weight excluding hydrogens is 724 g/mol. The second-order valence-corrected chi connectivity index (χ2v) is 15.5. The van der Waals surface area contributed by atoms with Crippen molar-refractivity contribution in [1.82, 2.24) is 20.1 Å². The highest BCUT2D eigenvalue weighted by Crippen LogP contribution is 2.42. The van der Waals surface area contributed by atoms with Crippen LogP contribution in [-0.4, -0.2) is 110 Å². The number of aromatic nitrogens is 1. The quantitative estimate of drug-likeness (QED) is 0.130. The highest BCUT2D eigenvalue weighted by Gasteiger charge is 2.30. The predicted octanol–water partition coefficient (Wildman–Crippen LogP) is 5.91. The molecule has 0 aliphatic carbocycles. The molecule has 2 aliphatic rings. The van der Waals surface area contributed by atoms with E-state index >= 15 is 0 Å². The zero-order valence-corrected chi connectivity index (χ0v) is 32.4. The number of aryl methyl sites for hydroxylation is 1. The number of imide groups is 1. The molecule has 0 radical (unpaired) electrons. The van der Waals surface area contributed by atoms with Gasteiger partial charge in [-0.25, -0.2) is 4.79 Å². The number of amides is 4. The molecule has 15 heteroatoms. The number of ether oxygens (including phenoxy) is 5. The number of benzene rings is 1. The maximum Gasteiger partial charge on any atom is 0.407 e. The van der Waals surface area contributed by atoms with E-state index in [-0.39, 0.29) is 43.2 Å². The van der Waals surface area contributed by atoms with E-state index in [0.717, 1.165) is 37.5 Å². The van der Waals surface area contributed by atoms with Gasteiger partial charge < -0.3 is 33.9 Å². The molecule has 4 amide bonds. The Kier molecular flexibility index (Phi) is 14.5. The lowest BCUT2D eigenvalue weighted by Gasteiger charge is -2.33. The van der Waals surface area contributed by atoms with Crippen LogP contribution in [0.25, 0.3) is 21.3 Å². The number of nitrogens with one attached hydrogen (secondary N) is 1. The SMILES string of the molecule is Cc1cc(Cl)cc(-c2ccnc3cc(CN4C(=O)CCC4=O)sc23)c1OC1CCN(C(=O)CCOCCOCCOCCNC(=O)OC(C)(C)C)CC1. The molecule has 4 heterocycles. The first kappa shape index (κ1) is 40.4. The summed E-state index contributed by atoms with van der Waals surface area (Å²) in [6.45, 7) is 11.4. The summed E-state index contributed by atoms with van der Waals surface area (Å²) >= 11 is 8.08. The Hall–Kier alpha value is -3.82.